The van der Waals surface area contributed by atoms with Crippen LogP contribution in [0.25, 0.3) is 0 Å². The maximum Gasteiger partial charge on any atom is 0.341 e. The second-order valence-corrected chi connectivity index (χ2v) is 6.18. The number of carbonyl (C=O) groups is 2. The van der Waals surface area contributed by atoms with Gasteiger partial charge in [-0.3, -0.25) is 4.79 Å². The lowest BCUT2D eigenvalue weighted by Crippen LogP contribution is -2.25. The van der Waals surface area contributed by atoms with Gasteiger partial charge in [0, 0.05) is 6.54 Å². The number of carboxylic acid groups (broad SMARTS) is 1. The molecule has 1 amide bonds. The van der Waals surface area contributed by atoms with Crippen molar-refractivity contribution in [3.8, 4) is 5.75 Å². The van der Waals surface area contributed by atoms with E-state index in [1.165, 1.54) is 11.3 Å². The molecule has 0 saturated carbocycles. The van der Waals surface area contributed by atoms with E-state index in [1.54, 1.807) is 12.1 Å². The average Bonchev–Trinajstić information content (AvgIpc) is 2.85. The van der Waals surface area contributed by atoms with Crippen LogP contribution < -0.4 is 10.1 Å². The van der Waals surface area contributed by atoms with Crippen molar-refractivity contribution in [2.45, 2.75) is 20.3 Å². The lowest BCUT2D eigenvalue weighted by Gasteiger charge is -2.06. The number of benzene rings is 1. The number of aryl methyl sites for hydroxylation is 2. The van der Waals surface area contributed by atoms with Gasteiger partial charge in [-0.25, -0.2) is 9.78 Å². The van der Waals surface area contributed by atoms with Crippen LogP contribution in [-0.2, 0) is 11.2 Å². The van der Waals surface area contributed by atoms with Crippen molar-refractivity contribution >= 4 is 23.2 Å². The molecule has 7 heteroatoms. The number of carbonyl (C=O) groups excluding carboxylic acids is 1. The minimum atomic E-state index is -1.01. The minimum absolute atomic E-state index is 0.102. The predicted octanol–water partition coefficient (Wildman–Crippen LogP) is 2.20. The molecule has 1 heterocycles. The van der Waals surface area contributed by atoms with E-state index in [2.05, 4.69) is 10.3 Å². The van der Waals surface area contributed by atoms with Crippen molar-refractivity contribution in [1.82, 2.24) is 10.3 Å². The molecule has 122 valence electrons. The molecular weight excluding hydrogens is 316 g/mol. The Morgan fingerprint density at radius 2 is 1.96 bits per heavy atom. The monoisotopic (exact) mass is 334 g/mol. The molecule has 6 nitrogen and oxygen atoms in total. The SMILES string of the molecule is Cc1nc(C)c(C(=O)NCCc2ccc(OCC(=O)O)cc2)s1. The summed E-state index contributed by atoms with van der Waals surface area (Å²) in [5.74, 6) is -0.601. The highest BCUT2D eigenvalue weighted by Gasteiger charge is 2.12. The summed E-state index contributed by atoms with van der Waals surface area (Å²) in [7, 11) is 0. The molecule has 0 aliphatic heterocycles. The molecule has 0 radical (unpaired) electrons. The number of aromatic nitrogens is 1. The van der Waals surface area contributed by atoms with Gasteiger partial charge in [-0.15, -0.1) is 11.3 Å². The lowest BCUT2D eigenvalue weighted by molar-refractivity contribution is -0.139. The van der Waals surface area contributed by atoms with Crippen molar-refractivity contribution in [3.05, 3.63) is 45.4 Å². The van der Waals surface area contributed by atoms with Gasteiger partial charge in [0.05, 0.1) is 10.7 Å². The summed E-state index contributed by atoms with van der Waals surface area (Å²) in [6.45, 7) is 3.87. The smallest absolute Gasteiger partial charge is 0.341 e. The molecule has 0 atom stereocenters. The number of rotatable bonds is 7. The van der Waals surface area contributed by atoms with Crippen molar-refractivity contribution in [1.29, 1.82) is 0 Å². The number of ether oxygens (including phenoxy) is 1. The fourth-order valence-electron chi connectivity index (χ4n) is 2.04. The Morgan fingerprint density at radius 1 is 1.26 bits per heavy atom. The number of nitrogens with zero attached hydrogens (tertiary/aromatic N) is 1. The number of carboxylic acids is 1. The molecule has 0 aliphatic carbocycles. The maximum atomic E-state index is 12.1. The van der Waals surface area contributed by atoms with Gasteiger partial charge in [0.1, 0.15) is 10.6 Å². The number of amides is 1. The van der Waals surface area contributed by atoms with Gasteiger partial charge in [-0.2, -0.15) is 0 Å². The van der Waals surface area contributed by atoms with Crippen LogP contribution in [0.4, 0.5) is 0 Å². The summed E-state index contributed by atoms with van der Waals surface area (Å²) in [6.07, 6.45) is 0.682. The van der Waals surface area contributed by atoms with Crippen LogP contribution in [0, 0.1) is 13.8 Å². The van der Waals surface area contributed by atoms with E-state index in [4.69, 9.17) is 9.84 Å². The zero-order valence-electron chi connectivity index (χ0n) is 13.0. The fourth-order valence-corrected chi connectivity index (χ4v) is 2.88. The first kappa shape index (κ1) is 17.0. The Labute approximate surface area is 138 Å². The third kappa shape index (κ3) is 5.07. The number of nitrogens with one attached hydrogen (secondary N) is 1. The highest BCUT2D eigenvalue weighted by Crippen LogP contribution is 2.17. The molecule has 2 N–H and O–H groups in total. The Hall–Kier alpha value is -2.41. The van der Waals surface area contributed by atoms with Gasteiger partial charge in [-0.05, 0) is 38.0 Å². The van der Waals surface area contributed by atoms with E-state index >= 15 is 0 Å². The fraction of sp³-hybridized carbons (Fsp3) is 0.312. The summed E-state index contributed by atoms with van der Waals surface area (Å²) >= 11 is 1.39. The summed E-state index contributed by atoms with van der Waals surface area (Å²) in [5, 5.41) is 12.3. The summed E-state index contributed by atoms with van der Waals surface area (Å²) in [6, 6.07) is 7.14. The quantitative estimate of drug-likeness (QED) is 0.810. The molecule has 0 aliphatic rings. The molecule has 2 rings (SSSR count). The van der Waals surface area contributed by atoms with E-state index in [9.17, 15) is 9.59 Å². The van der Waals surface area contributed by atoms with Crippen molar-refractivity contribution in [2.75, 3.05) is 13.2 Å². The lowest BCUT2D eigenvalue weighted by atomic mass is 10.1. The molecule has 0 fully saturated rings. The molecule has 0 spiro atoms. The Bertz CT molecular complexity index is 695. The number of hydrogen-bond acceptors (Lipinski definition) is 5. The van der Waals surface area contributed by atoms with Crippen LogP contribution in [0.1, 0.15) is 25.9 Å². The van der Waals surface area contributed by atoms with Crippen LogP contribution in [0.5, 0.6) is 5.75 Å². The first-order valence-corrected chi connectivity index (χ1v) is 7.93. The van der Waals surface area contributed by atoms with Crippen molar-refractivity contribution in [3.63, 3.8) is 0 Å². The van der Waals surface area contributed by atoms with E-state index in [0.717, 1.165) is 16.3 Å². The third-order valence-electron chi connectivity index (χ3n) is 3.09. The Kier molecular flexibility index (Phi) is 5.70. The topological polar surface area (TPSA) is 88.5 Å². The van der Waals surface area contributed by atoms with Crippen LogP contribution in [-0.4, -0.2) is 35.1 Å². The minimum Gasteiger partial charge on any atom is -0.482 e. The first-order valence-electron chi connectivity index (χ1n) is 7.11. The largest absolute Gasteiger partial charge is 0.482 e. The molecule has 2 aromatic rings. The number of aliphatic carboxylic acids is 1. The zero-order valence-corrected chi connectivity index (χ0v) is 13.8. The molecule has 1 aromatic heterocycles. The predicted molar refractivity (Wildman–Crippen MR) is 87.2 cm³/mol. The molecule has 0 unspecified atom stereocenters. The molecular formula is C16H18N2O4S. The van der Waals surface area contributed by atoms with Crippen LogP contribution in [0.2, 0.25) is 0 Å². The first-order chi connectivity index (χ1) is 11.0. The van der Waals surface area contributed by atoms with Crippen molar-refractivity contribution in [2.24, 2.45) is 0 Å². The number of hydrogen-bond donors (Lipinski definition) is 2. The van der Waals surface area contributed by atoms with Gasteiger partial charge in [0.2, 0.25) is 0 Å². The molecule has 0 saturated heterocycles. The number of thiazole rings is 1. The molecule has 1 aromatic carbocycles. The molecule has 23 heavy (non-hydrogen) atoms. The third-order valence-corrected chi connectivity index (χ3v) is 4.17. The van der Waals surface area contributed by atoms with Gasteiger partial charge < -0.3 is 15.2 Å². The second-order valence-electron chi connectivity index (χ2n) is 4.98. The summed E-state index contributed by atoms with van der Waals surface area (Å²) < 4.78 is 5.06. The van der Waals surface area contributed by atoms with Gasteiger partial charge in [-0.1, -0.05) is 12.1 Å². The zero-order chi connectivity index (χ0) is 16.8. The second kappa shape index (κ2) is 7.73. The van der Waals surface area contributed by atoms with Gasteiger partial charge >= 0.3 is 5.97 Å². The molecule has 0 bridgehead atoms. The summed E-state index contributed by atoms with van der Waals surface area (Å²) in [4.78, 5) is 27.4. The van der Waals surface area contributed by atoms with Crippen LogP contribution in [0.15, 0.2) is 24.3 Å². The van der Waals surface area contributed by atoms with E-state index in [1.807, 2.05) is 26.0 Å². The van der Waals surface area contributed by atoms with Gasteiger partial charge in [0.15, 0.2) is 6.61 Å². The average molecular weight is 334 g/mol. The van der Waals surface area contributed by atoms with E-state index < -0.39 is 5.97 Å². The van der Waals surface area contributed by atoms with Gasteiger partial charge in [0.25, 0.3) is 5.91 Å². The highest BCUT2D eigenvalue weighted by molar-refractivity contribution is 7.13. The van der Waals surface area contributed by atoms with E-state index in [-0.39, 0.29) is 12.5 Å². The normalized spacial score (nSPS) is 10.3. The van der Waals surface area contributed by atoms with Crippen LogP contribution in [0.3, 0.4) is 0 Å². The van der Waals surface area contributed by atoms with E-state index in [0.29, 0.717) is 23.6 Å². The van der Waals surface area contributed by atoms with Crippen molar-refractivity contribution < 1.29 is 19.4 Å². The highest BCUT2D eigenvalue weighted by atomic mass is 32.1. The maximum absolute atomic E-state index is 12.1. The Balaban J connectivity index is 1.81. The summed E-state index contributed by atoms with van der Waals surface area (Å²) in [5.41, 5.74) is 1.79. The Morgan fingerprint density at radius 3 is 2.52 bits per heavy atom. The standard InChI is InChI=1S/C16H18N2O4S/c1-10-15(23-11(2)18-10)16(21)17-8-7-12-3-5-13(6-4-12)22-9-14(19)20/h3-6H,7-9H2,1-2H3,(H,17,21)(H,19,20). The van der Waals surface area contributed by atoms with Crippen LogP contribution >= 0.6 is 11.3 Å².